The van der Waals surface area contributed by atoms with E-state index < -0.39 is 5.91 Å². The molecular weight excluding hydrogens is 228 g/mol. The molecule has 1 atom stereocenters. The lowest BCUT2D eigenvalue weighted by Gasteiger charge is -2.40. The highest BCUT2D eigenvalue weighted by molar-refractivity contribution is 5.93. The number of hydrogen-bond donors (Lipinski definition) is 2. The molecule has 0 aromatic heterocycles. The van der Waals surface area contributed by atoms with Crippen LogP contribution in [0.15, 0.2) is 18.2 Å². The van der Waals surface area contributed by atoms with Gasteiger partial charge in [-0.05, 0) is 49.1 Å². The molecule has 1 fully saturated rings. The molecule has 1 aromatic rings. The summed E-state index contributed by atoms with van der Waals surface area (Å²) < 4.78 is 0. The molecular formula is C14H18N2O2. The lowest BCUT2D eigenvalue weighted by Crippen LogP contribution is -2.38. The molecule has 1 unspecified atom stereocenters. The predicted molar refractivity (Wildman–Crippen MR) is 67.6 cm³/mol. The first kappa shape index (κ1) is 11.7. The van der Waals surface area contributed by atoms with Crippen LogP contribution >= 0.6 is 0 Å². The zero-order valence-corrected chi connectivity index (χ0v) is 10.4. The molecule has 2 heterocycles. The molecule has 1 amide bonds. The average molecular weight is 246 g/mol. The Kier molecular flexibility index (Phi) is 3.06. The number of nitrogens with one attached hydrogen (secondary N) is 1. The van der Waals surface area contributed by atoms with Crippen molar-refractivity contribution in [3.8, 4) is 0 Å². The highest BCUT2D eigenvalue weighted by Crippen LogP contribution is 2.36. The van der Waals surface area contributed by atoms with Crippen molar-refractivity contribution in [3.05, 3.63) is 34.9 Å². The van der Waals surface area contributed by atoms with Crippen molar-refractivity contribution in [3.63, 3.8) is 0 Å². The molecule has 0 radical (unpaired) electrons. The fraction of sp³-hybridized carbons (Fsp3) is 0.500. The van der Waals surface area contributed by atoms with Gasteiger partial charge < -0.3 is 0 Å². The average Bonchev–Trinajstić information content (AvgIpc) is 2.45. The van der Waals surface area contributed by atoms with Crippen molar-refractivity contribution < 1.29 is 10.0 Å². The molecule has 2 N–H and O–H groups in total. The number of carbonyl (C=O) groups excluding carboxylic acids is 1. The quantitative estimate of drug-likeness (QED) is 0.587. The van der Waals surface area contributed by atoms with Crippen molar-refractivity contribution in [1.82, 2.24) is 10.4 Å². The van der Waals surface area contributed by atoms with Gasteiger partial charge in [0.15, 0.2) is 0 Å². The van der Waals surface area contributed by atoms with E-state index in [1.807, 2.05) is 12.1 Å². The van der Waals surface area contributed by atoms with E-state index in [0.717, 1.165) is 13.0 Å². The summed E-state index contributed by atoms with van der Waals surface area (Å²) in [6.45, 7) is 2.28. The molecule has 96 valence electrons. The van der Waals surface area contributed by atoms with Gasteiger partial charge in [-0.15, -0.1) is 0 Å². The Labute approximate surface area is 107 Å². The van der Waals surface area contributed by atoms with E-state index >= 15 is 0 Å². The molecule has 2 aliphatic rings. The number of hydroxylamine groups is 1. The minimum atomic E-state index is -0.427. The summed E-state index contributed by atoms with van der Waals surface area (Å²) >= 11 is 0. The van der Waals surface area contributed by atoms with Crippen molar-refractivity contribution in [1.29, 1.82) is 0 Å². The van der Waals surface area contributed by atoms with Crippen LogP contribution in [-0.2, 0) is 6.42 Å². The number of piperidine rings is 1. The molecule has 18 heavy (non-hydrogen) atoms. The van der Waals surface area contributed by atoms with Gasteiger partial charge in [0, 0.05) is 18.2 Å². The molecule has 1 saturated heterocycles. The minimum Gasteiger partial charge on any atom is -0.296 e. The van der Waals surface area contributed by atoms with Crippen molar-refractivity contribution in [2.75, 3.05) is 13.1 Å². The summed E-state index contributed by atoms with van der Waals surface area (Å²) in [5.74, 6) is -0.427. The Balaban J connectivity index is 1.93. The Bertz CT molecular complexity index is 473. The van der Waals surface area contributed by atoms with E-state index in [4.69, 9.17) is 5.21 Å². The van der Waals surface area contributed by atoms with Crippen LogP contribution in [0, 0.1) is 0 Å². The Morgan fingerprint density at radius 1 is 1.33 bits per heavy atom. The Morgan fingerprint density at radius 2 is 2.22 bits per heavy atom. The number of benzene rings is 1. The van der Waals surface area contributed by atoms with Crippen LogP contribution in [0.2, 0.25) is 0 Å². The maximum atomic E-state index is 11.4. The van der Waals surface area contributed by atoms with Crippen molar-refractivity contribution in [2.45, 2.75) is 31.7 Å². The third-order valence-corrected chi connectivity index (χ3v) is 4.15. The van der Waals surface area contributed by atoms with Gasteiger partial charge in [0.05, 0.1) is 0 Å². The van der Waals surface area contributed by atoms with Gasteiger partial charge in [-0.25, -0.2) is 5.48 Å². The van der Waals surface area contributed by atoms with Crippen LogP contribution in [0.5, 0.6) is 0 Å². The molecule has 1 aromatic carbocycles. The summed E-state index contributed by atoms with van der Waals surface area (Å²) in [5.41, 5.74) is 4.87. The van der Waals surface area contributed by atoms with E-state index in [-0.39, 0.29) is 0 Å². The number of hydrogen-bond acceptors (Lipinski definition) is 3. The minimum absolute atomic E-state index is 0.427. The molecule has 4 heteroatoms. The Morgan fingerprint density at radius 3 is 3.06 bits per heavy atom. The van der Waals surface area contributed by atoms with Crippen LogP contribution in [0.1, 0.15) is 46.8 Å². The van der Waals surface area contributed by atoms with Gasteiger partial charge in [0.2, 0.25) is 0 Å². The maximum Gasteiger partial charge on any atom is 0.274 e. The smallest absolute Gasteiger partial charge is 0.274 e. The van der Waals surface area contributed by atoms with Gasteiger partial charge in [-0.3, -0.25) is 14.9 Å². The zero-order chi connectivity index (χ0) is 12.5. The second-order valence-electron chi connectivity index (χ2n) is 5.15. The predicted octanol–water partition coefficient (Wildman–Crippen LogP) is 1.89. The molecule has 0 aliphatic carbocycles. The zero-order valence-electron chi connectivity index (χ0n) is 10.4. The number of amides is 1. The molecule has 2 aliphatic heterocycles. The normalized spacial score (nSPS) is 23.1. The first-order chi connectivity index (χ1) is 8.79. The van der Waals surface area contributed by atoms with Crippen LogP contribution < -0.4 is 5.48 Å². The topological polar surface area (TPSA) is 52.6 Å². The molecule has 0 spiro atoms. The first-order valence-corrected chi connectivity index (χ1v) is 6.61. The van der Waals surface area contributed by atoms with Crippen LogP contribution in [-0.4, -0.2) is 29.1 Å². The van der Waals surface area contributed by atoms with Crippen LogP contribution in [0.4, 0.5) is 0 Å². The first-order valence-electron chi connectivity index (χ1n) is 6.61. The van der Waals surface area contributed by atoms with E-state index in [0.29, 0.717) is 11.6 Å². The van der Waals surface area contributed by atoms with Crippen molar-refractivity contribution in [2.24, 2.45) is 0 Å². The number of fused-ring (bicyclic) bond motifs is 3. The van der Waals surface area contributed by atoms with Crippen LogP contribution in [0.3, 0.4) is 0 Å². The lowest BCUT2D eigenvalue weighted by molar-refractivity contribution is 0.0706. The highest BCUT2D eigenvalue weighted by Gasteiger charge is 2.29. The van der Waals surface area contributed by atoms with Crippen molar-refractivity contribution >= 4 is 5.91 Å². The fourth-order valence-electron chi connectivity index (χ4n) is 3.23. The standard InChI is InChI=1S/C14H18N2O2/c17-14(15-18)11-4-5-12-10(9-11)6-8-16-7-2-1-3-13(12)16/h4-5,9,13,18H,1-3,6-8H2,(H,15,17). The third-order valence-electron chi connectivity index (χ3n) is 4.15. The summed E-state index contributed by atoms with van der Waals surface area (Å²) in [7, 11) is 0. The summed E-state index contributed by atoms with van der Waals surface area (Å²) in [4.78, 5) is 14.0. The third kappa shape index (κ3) is 1.91. The second kappa shape index (κ2) is 4.71. The summed E-state index contributed by atoms with van der Waals surface area (Å²) in [5, 5.41) is 8.67. The van der Waals surface area contributed by atoms with E-state index in [1.165, 1.54) is 36.9 Å². The maximum absolute atomic E-state index is 11.4. The van der Waals surface area contributed by atoms with Gasteiger partial charge in [0.25, 0.3) is 5.91 Å². The van der Waals surface area contributed by atoms with E-state index in [1.54, 1.807) is 5.48 Å². The highest BCUT2D eigenvalue weighted by atomic mass is 16.5. The Hall–Kier alpha value is -1.39. The van der Waals surface area contributed by atoms with E-state index in [9.17, 15) is 4.79 Å². The monoisotopic (exact) mass is 246 g/mol. The van der Waals surface area contributed by atoms with Gasteiger partial charge >= 0.3 is 0 Å². The molecule has 0 bridgehead atoms. The number of rotatable bonds is 1. The SMILES string of the molecule is O=C(NO)c1ccc2c(c1)CCN1CCCCC21. The molecule has 3 rings (SSSR count). The molecule has 0 saturated carbocycles. The van der Waals surface area contributed by atoms with Gasteiger partial charge in [-0.1, -0.05) is 12.5 Å². The van der Waals surface area contributed by atoms with Gasteiger partial charge in [0.1, 0.15) is 0 Å². The fourth-order valence-corrected chi connectivity index (χ4v) is 3.23. The summed E-state index contributed by atoms with van der Waals surface area (Å²) in [6, 6.07) is 6.32. The molecule has 4 nitrogen and oxygen atoms in total. The van der Waals surface area contributed by atoms with Gasteiger partial charge in [-0.2, -0.15) is 0 Å². The number of nitrogens with zero attached hydrogens (tertiary/aromatic N) is 1. The second-order valence-corrected chi connectivity index (χ2v) is 5.15. The summed E-state index contributed by atoms with van der Waals surface area (Å²) in [6.07, 6.45) is 4.81. The number of carbonyl (C=O) groups is 1. The van der Waals surface area contributed by atoms with E-state index in [2.05, 4.69) is 11.0 Å². The van der Waals surface area contributed by atoms with Crippen LogP contribution in [0.25, 0.3) is 0 Å². The lowest BCUT2D eigenvalue weighted by atomic mass is 9.86. The largest absolute Gasteiger partial charge is 0.296 e.